The Morgan fingerprint density at radius 3 is 2.79 bits per heavy atom. The van der Waals surface area contributed by atoms with Crippen molar-refractivity contribution in [2.45, 2.75) is 6.92 Å². The van der Waals surface area contributed by atoms with Crippen LogP contribution >= 0.6 is 0 Å². The lowest BCUT2D eigenvalue weighted by atomic mass is 10.1. The molecular weight excluding hydrogens is 308 g/mol. The molecule has 0 saturated heterocycles. The lowest BCUT2D eigenvalue weighted by molar-refractivity contribution is 0.101. The van der Waals surface area contributed by atoms with Gasteiger partial charge in [-0.05, 0) is 24.6 Å². The van der Waals surface area contributed by atoms with Gasteiger partial charge in [0.1, 0.15) is 5.52 Å². The van der Waals surface area contributed by atoms with E-state index in [9.17, 15) is 9.59 Å². The summed E-state index contributed by atoms with van der Waals surface area (Å²) in [4.78, 5) is 24.9. The second-order valence-corrected chi connectivity index (χ2v) is 5.28. The van der Waals surface area contributed by atoms with E-state index in [0.29, 0.717) is 16.7 Å². The third kappa shape index (κ3) is 2.12. The summed E-state index contributed by atoms with van der Waals surface area (Å²) in [6.45, 7) is 1.83. The molecular formula is C16H12N6O2. The highest BCUT2D eigenvalue weighted by Crippen LogP contribution is 2.09. The molecule has 0 spiro atoms. The molecule has 118 valence electrons. The van der Waals surface area contributed by atoms with Crippen LogP contribution in [-0.2, 0) is 0 Å². The molecule has 0 aliphatic carbocycles. The van der Waals surface area contributed by atoms with Crippen LogP contribution in [0.1, 0.15) is 15.9 Å². The van der Waals surface area contributed by atoms with Gasteiger partial charge in [-0.3, -0.25) is 15.0 Å². The van der Waals surface area contributed by atoms with Crippen molar-refractivity contribution in [2.75, 3.05) is 5.43 Å². The van der Waals surface area contributed by atoms with E-state index in [1.165, 1.54) is 10.7 Å². The van der Waals surface area contributed by atoms with Crippen LogP contribution in [0.25, 0.3) is 16.7 Å². The van der Waals surface area contributed by atoms with Crippen molar-refractivity contribution >= 4 is 22.6 Å². The highest BCUT2D eigenvalue weighted by atomic mass is 16.2. The molecule has 8 nitrogen and oxygen atoms in total. The number of rotatable bonds is 2. The first-order valence-corrected chi connectivity index (χ1v) is 7.24. The maximum absolute atomic E-state index is 12.6. The first kappa shape index (κ1) is 14.1. The Labute approximate surface area is 135 Å². The van der Waals surface area contributed by atoms with E-state index in [0.717, 1.165) is 10.2 Å². The van der Waals surface area contributed by atoms with Gasteiger partial charge < -0.3 is 0 Å². The zero-order valence-corrected chi connectivity index (χ0v) is 12.7. The maximum Gasteiger partial charge on any atom is 0.299 e. The molecule has 0 atom stereocenters. The molecule has 3 aromatic heterocycles. The minimum atomic E-state index is -0.473. The average molecular weight is 320 g/mol. The number of benzene rings is 1. The third-order valence-electron chi connectivity index (χ3n) is 3.76. The topological polar surface area (TPSA) is 94.2 Å². The van der Waals surface area contributed by atoms with Crippen molar-refractivity contribution in [3.8, 4) is 0 Å². The Morgan fingerprint density at radius 2 is 1.96 bits per heavy atom. The number of aryl methyl sites for hydroxylation is 1. The summed E-state index contributed by atoms with van der Waals surface area (Å²) >= 11 is 0. The van der Waals surface area contributed by atoms with Gasteiger partial charge >= 0.3 is 0 Å². The second kappa shape index (κ2) is 5.27. The Bertz CT molecular complexity index is 1140. The summed E-state index contributed by atoms with van der Waals surface area (Å²) in [6, 6.07) is 10.5. The van der Waals surface area contributed by atoms with Crippen LogP contribution in [-0.4, -0.2) is 30.4 Å². The molecule has 8 heteroatoms. The Morgan fingerprint density at radius 1 is 1.12 bits per heavy atom. The van der Waals surface area contributed by atoms with Gasteiger partial charge in [-0.1, -0.05) is 18.2 Å². The lowest BCUT2D eigenvalue weighted by Gasteiger charge is -2.10. The number of nitrogens with zero attached hydrogens (tertiary/aromatic N) is 5. The van der Waals surface area contributed by atoms with Crippen LogP contribution < -0.4 is 11.0 Å². The fourth-order valence-corrected chi connectivity index (χ4v) is 2.52. The molecule has 0 aliphatic rings. The largest absolute Gasteiger partial charge is 0.299 e. The molecule has 0 saturated carbocycles. The predicted octanol–water partition coefficient (Wildman–Crippen LogP) is 1.13. The molecule has 1 amide bonds. The number of aromatic nitrogens is 5. The normalized spacial score (nSPS) is 11.0. The second-order valence-electron chi connectivity index (χ2n) is 5.28. The van der Waals surface area contributed by atoms with Gasteiger partial charge in [-0.2, -0.15) is 5.10 Å². The van der Waals surface area contributed by atoms with Crippen LogP contribution in [0.2, 0.25) is 0 Å². The quantitative estimate of drug-likeness (QED) is 0.597. The Kier molecular flexibility index (Phi) is 3.09. The Hall–Kier alpha value is -3.55. The summed E-state index contributed by atoms with van der Waals surface area (Å²) < 4.78 is 2.62. The van der Waals surface area contributed by atoms with Crippen LogP contribution in [0.3, 0.4) is 0 Å². The SMILES string of the molecule is Cc1ccccc1C(=O)Nn1ccc2c(nnc3ccnn32)c1=O. The highest BCUT2D eigenvalue weighted by molar-refractivity contribution is 6.01. The molecule has 24 heavy (non-hydrogen) atoms. The molecule has 0 unspecified atom stereocenters. The number of nitrogens with one attached hydrogen (secondary N) is 1. The van der Waals surface area contributed by atoms with Crippen molar-refractivity contribution < 1.29 is 4.79 Å². The lowest BCUT2D eigenvalue weighted by Crippen LogP contribution is -2.33. The van der Waals surface area contributed by atoms with Gasteiger partial charge in [-0.15, -0.1) is 10.2 Å². The number of fused-ring (bicyclic) bond motifs is 3. The minimum absolute atomic E-state index is 0.124. The van der Waals surface area contributed by atoms with E-state index < -0.39 is 5.56 Å². The van der Waals surface area contributed by atoms with Crippen molar-refractivity contribution in [3.63, 3.8) is 0 Å². The van der Waals surface area contributed by atoms with Crippen molar-refractivity contribution in [3.05, 3.63) is 70.3 Å². The predicted molar refractivity (Wildman–Crippen MR) is 87.4 cm³/mol. The first-order valence-electron chi connectivity index (χ1n) is 7.24. The van der Waals surface area contributed by atoms with Crippen molar-refractivity contribution in [2.24, 2.45) is 0 Å². The van der Waals surface area contributed by atoms with Gasteiger partial charge in [0.15, 0.2) is 11.2 Å². The molecule has 4 aromatic rings. The van der Waals surface area contributed by atoms with E-state index in [2.05, 4.69) is 20.7 Å². The summed E-state index contributed by atoms with van der Waals surface area (Å²) in [7, 11) is 0. The van der Waals surface area contributed by atoms with E-state index in [4.69, 9.17) is 0 Å². The van der Waals surface area contributed by atoms with Gasteiger partial charge in [0.25, 0.3) is 11.5 Å². The standard InChI is InChI=1S/C16H12N6O2/c1-10-4-2-3-5-11(10)15(23)20-21-9-7-12-14(16(21)24)19-18-13-6-8-17-22(12)13/h2-9H,1H3,(H,20,23). The van der Waals surface area contributed by atoms with E-state index in [-0.39, 0.29) is 11.4 Å². The molecule has 4 rings (SSSR count). The number of pyridine rings is 1. The van der Waals surface area contributed by atoms with Gasteiger partial charge in [-0.25, -0.2) is 9.19 Å². The van der Waals surface area contributed by atoms with Gasteiger partial charge in [0.05, 0.1) is 6.20 Å². The molecule has 0 radical (unpaired) electrons. The van der Waals surface area contributed by atoms with E-state index >= 15 is 0 Å². The number of carbonyl (C=O) groups excluding carboxylic acids is 1. The third-order valence-corrected chi connectivity index (χ3v) is 3.76. The number of amides is 1. The summed E-state index contributed by atoms with van der Waals surface area (Å²) in [5.41, 5.74) is 4.61. The van der Waals surface area contributed by atoms with Crippen molar-refractivity contribution in [1.82, 2.24) is 24.5 Å². The highest BCUT2D eigenvalue weighted by Gasteiger charge is 2.13. The minimum Gasteiger partial charge on any atom is -0.267 e. The number of hydrogen-bond donors (Lipinski definition) is 1. The molecule has 0 fully saturated rings. The molecule has 0 bridgehead atoms. The molecule has 1 aromatic carbocycles. The Balaban J connectivity index is 1.79. The summed E-state index contributed by atoms with van der Waals surface area (Å²) in [5.74, 6) is -0.373. The zero-order chi connectivity index (χ0) is 16.7. The number of carbonyl (C=O) groups is 1. The molecule has 1 N–H and O–H groups in total. The average Bonchev–Trinajstić information content (AvgIpc) is 3.06. The van der Waals surface area contributed by atoms with E-state index in [1.54, 1.807) is 30.5 Å². The van der Waals surface area contributed by atoms with Crippen molar-refractivity contribution in [1.29, 1.82) is 0 Å². The summed E-state index contributed by atoms with van der Waals surface area (Å²) in [6.07, 6.45) is 3.05. The fraction of sp³-hybridized carbons (Fsp3) is 0.0625. The van der Waals surface area contributed by atoms with Crippen LogP contribution in [0.15, 0.2) is 53.6 Å². The van der Waals surface area contributed by atoms with Crippen LogP contribution in [0.4, 0.5) is 0 Å². The van der Waals surface area contributed by atoms with Crippen LogP contribution in [0.5, 0.6) is 0 Å². The van der Waals surface area contributed by atoms with E-state index in [1.807, 2.05) is 19.1 Å². The summed E-state index contributed by atoms with van der Waals surface area (Å²) in [5, 5.41) is 12.0. The zero-order valence-electron chi connectivity index (χ0n) is 12.7. The number of hydrogen-bond acceptors (Lipinski definition) is 5. The fourth-order valence-electron chi connectivity index (χ4n) is 2.52. The maximum atomic E-state index is 12.6. The first-order chi connectivity index (χ1) is 11.6. The smallest absolute Gasteiger partial charge is 0.267 e. The van der Waals surface area contributed by atoms with Gasteiger partial charge in [0, 0.05) is 17.8 Å². The monoisotopic (exact) mass is 320 g/mol. The van der Waals surface area contributed by atoms with Crippen LogP contribution in [0, 0.1) is 6.92 Å². The van der Waals surface area contributed by atoms with Gasteiger partial charge in [0.2, 0.25) is 0 Å². The molecule has 0 aliphatic heterocycles. The molecule has 3 heterocycles.